The summed E-state index contributed by atoms with van der Waals surface area (Å²) >= 11 is 6.56. The number of ether oxygens (including phenoxy) is 1. The zero-order valence-electron chi connectivity index (χ0n) is 20.4. The molecule has 0 aliphatic carbocycles. The molecule has 0 saturated carbocycles. The van der Waals surface area contributed by atoms with E-state index in [0.717, 1.165) is 60.9 Å². The summed E-state index contributed by atoms with van der Waals surface area (Å²) in [6, 6.07) is 9.92. The number of anilines is 2. The Morgan fingerprint density at radius 3 is 2.66 bits per heavy atom. The van der Waals surface area contributed by atoms with Gasteiger partial charge in [0.2, 0.25) is 0 Å². The minimum absolute atomic E-state index is 0.210. The van der Waals surface area contributed by atoms with Gasteiger partial charge in [0.05, 0.1) is 28.6 Å². The highest BCUT2D eigenvalue weighted by atomic mass is 35.5. The van der Waals surface area contributed by atoms with Crippen LogP contribution in [0.1, 0.15) is 30.8 Å². The number of benzene rings is 2. The lowest BCUT2D eigenvalue weighted by Gasteiger charge is -2.35. The molecule has 0 bridgehead atoms. The highest BCUT2D eigenvalue weighted by Crippen LogP contribution is 2.40. The highest BCUT2D eigenvalue weighted by molar-refractivity contribution is 6.32. The van der Waals surface area contributed by atoms with Crippen LogP contribution in [-0.2, 0) is 6.42 Å². The van der Waals surface area contributed by atoms with Crippen LogP contribution in [0.2, 0.25) is 5.02 Å². The fourth-order valence-electron chi connectivity index (χ4n) is 4.89. The monoisotopic (exact) mass is 495 g/mol. The average Bonchev–Trinajstić information content (AvgIpc) is 2.85. The zero-order valence-corrected chi connectivity index (χ0v) is 21.2. The van der Waals surface area contributed by atoms with Gasteiger partial charge < -0.3 is 19.9 Å². The van der Waals surface area contributed by atoms with E-state index >= 15 is 0 Å². The largest absolute Gasteiger partial charge is 0.489 e. The fourth-order valence-corrected chi connectivity index (χ4v) is 5.09. The lowest BCUT2D eigenvalue weighted by Crippen LogP contribution is -2.43. The van der Waals surface area contributed by atoms with Gasteiger partial charge in [-0.1, -0.05) is 17.7 Å². The first-order valence-corrected chi connectivity index (χ1v) is 12.6. The lowest BCUT2D eigenvalue weighted by molar-refractivity contribution is 0.301. The Morgan fingerprint density at radius 1 is 1.11 bits per heavy atom. The normalized spacial score (nSPS) is 15.8. The summed E-state index contributed by atoms with van der Waals surface area (Å²) in [4.78, 5) is 13.7. The Balaban J connectivity index is 1.43. The molecule has 3 heterocycles. The third-order valence-electron chi connectivity index (χ3n) is 6.67. The van der Waals surface area contributed by atoms with Gasteiger partial charge in [0.15, 0.2) is 0 Å². The first-order valence-electron chi connectivity index (χ1n) is 12.2. The number of nitrogens with zero attached hydrogens (tertiary/aromatic N) is 4. The van der Waals surface area contributed by atoms with Gasteiger partial charge in [-0.25, -0.2) is 14.4 Å². The number of aryl methyl sites for hydroxylation is 1. The fraction of sp³-hybridized carbons (Fsp3) is 0.407. The topological polar surface area (TPSA) is 53.5 Å². The van der Waals surface area contributed by atoms with Crippen LogP contribution in [0.4, 0.5) is 15.8 Å². The number of rotatable bonds is 5. The molecule has 8 heteroatoms. The maximum atomic E-state index is 14.9. The van der Waals surface area contributed by atoms with Crippen LogP contribution in [0.5, 0.6) is 5.75 Å². The van der Waals surface area contributed by atoms with E-state index in [1.165, 1.54) is 0 Å². The molecule has 35 heavy (non-hydrogen) atoms. The number of hydrogen-bond acceptors (Lipinski definition) is 6. The standard InChI is InChI=1S/C27H31ClFN5O/c1-17(2)34-10-11-35-27-18(3)12-20(15-24(27)34)26-21(28)16-31-25(32-26)14-19-4-5-23(22(29)13-19)33-8-6-30-7-9-33/h4-5,12-13,15-17,30H,6-11,14H2,1-3H3. The van der Waals surface area contributed by atoms with E-state index < -0.39 is 0 Å². The molecule has 6 nitrogen and oxygen atoms in total. The number of aromatic nitrogens is 2. The van der Waals surface area contributed by atoms with E-state index in [4.69, 9.17) is 21.3 Å². The molecule has 0 radical (unpaired) electrons. The van der Waals surface area contributed by atoms with E-state index in [-0.39, 0.29) is 5.82 Å². The third-order valence-corrected chi connectivity index (χ3v) is 6.94. The second kappa shape index (κ2) is 9.99. The molecule has 2 aliphatic heterocycles. The van der Waals surface area contributed by atoms with Gasteiger partial charge in [-0.05, 0) is 56.2 Å². The van der Waals surface area contributed by atoms with E-state index in [2.05, 4.69) is 46.1 Å². The SMILES string of the molecule is Cc1cc(-c2nc(Cc3ccc(N4CCNCC4)c(F)c3)ncc2Cl)cc2c1OCCN2C(C)C. The summed E-state index contributed by atoms with van der Waals surface area (Å²) in [5, 5.41) is 3.79. The van der Waals surface area contributed by atoms with Gasteiger partial charge in [-0.15, -0.1) is 0 Å². The van der Waals surface area contributed by atoms with Gasteiger partial charge in [0.25, 0.3) is 0 Å². The van der Waals surface area contributed by atoms with E-state index in [1.54, 1.807) is 12.3 Å². The van der Waals surface area contributed by atoms with Crippen molar-refractivity contribution in [3.63, 3.8) is 0 Å². The molecule has 1 N–H and O–H groups in total. The Labute approximate surface area is 211 Å². The summed E-state index contributed by atoms with van der Waals surface area (Å²) < 4.78 is 20.9. The van der Waals surface area contributed by atoms with Gasteiger partial charge >= 0.3 is 0 Å². The van der Waals surface area contributed by atoms with Crippen molar-refractivity contribution in [2.75, 3.05) is 49.1 Å². The first kappa shape index (κ1) is 23.8. The number of halogens is 2. The maximum Gasteiger partial charge on any atom is 0.146 e. The van der Waals surface area contributed by atoms with Gasteiger partial charge in [0, 0.05) is 50.4 Å². The number of fused-ring (bicyclic) bond motifs is 1. The summed E-state index contributed by atoms with van der Waals surface area (Å²) in [6.07, 6.45) is 2.06. The van der Waals surface area contributed by atoms with Gasteiger partial charge in [-0.3, -0.25) is 0 Å². The van der Waals surface area contributed by atoms with E-state index in [1.807, 2.05) is 19.1 Å². The van der Waals surface area contributed by atoms with Gasteiger partial charge in [0.1, 0.15) is 24.0 Å². The molecule has 0 spiro atoms. The number of nitrogens with one attached hydrogen (secondary N) is 1. The third kappa shape index (κ3) is 4.93. The molecule has 3 aromatic rings. The van der Waals surface area contributed by atoms with Crippen LogP contribution in [0.25, 0.3) is 11.3 Å². The Bertz CT molecular complexity index is 1230. The average molecular weight is 496 g/mol. The molecule has 184 valence electrons. The van der Waals surface area contributed by atoms with Crippen molar-refractivity contribution in [3.8, 4) is 17.0 Å². The summed E-state index contributed by atoms with van der Waals surface area (Å²) in [7, 11) is 0. The lowest BCUT2D eigenvalue weighted by atomic mass is 10.0. The molecule has 0 unspecified atom stereocenters. The number of hydrogen-bond donors (Lipinski definition) is 1. The molecular formula is C27H31ClFN5O. The molecule has 2 aromatic carbocycles. The Morgan fingerprint density at radius 2 is 1.91 bits per heavy atom. The van der Waals surface area contributed by atoms with Crippen molar-refractivity contribution in [1.82, 2.24) is 15.3 Å². The quantitative estimate of drug-likeness (QED) is 0.546. The number of piperazine rings is 1. The predicted octanol–water partition coefficient (Wildman–Crippen LogP) is 4.85. The van der Waals surface area contributed by atoms with Crippen LogP contribution in [0, 0.1) is 12.7 Å². The molecular weight excluding hydrogens is 465 g/mol. The molecule has 2 aliphatic rings. The van der Waals surface area contributed by atoms with Crippen molar-refractivity contribution in [2.24, 2.45) is 0 Å². The molecule has 1 aromatic heterocycles. The smallest absolute Gasteiger partial charge is 0.146 e. The van der Waals surface area contributed by atoms with Crippen molar-refractivity contribution in [3.05, 3.63) is 64.3 Å². The zero-order chi connectivity index (χ0) is 24.5. The van der Waals surface area contributed by atoms with Gasteiger partial charge in [-0.2, -0.15) is 0 Å². The first-order chi connectivity index (χ1) is 16.9. The maximum absolute atomic E-state index is 14.9. The van der Waals surface area contributed by atoms with E-state index in [9.17, 15) is 4.39 Å². The van der Waals surface area contributed by atoms with Crippen LogP contribution >= 0.6 is 11.6 Å². The molecule has 5 rings (SSSR count). The van der Waals surface area contributed by atoms with Crippen molar-refractivity contribution >= 4 is 23.0 Å². The van der Waals surface area contributed by atoms with Crippen molar-refractivity contribution < 1.29 is 9.13 Å². The summed E-state index contributed by atoms with van der Waals surface area (Å²) in [6.45, 7) is 11.3. The van der Waals surface area contributed by atoms with E-state index in [0.29, 0.717) is 41.3 Å². The van der Waals surface area contributed by atoms with Crippen LogP contribution in [0.15, 0.2) is 36.5 Å². The Kier molecular flexibility index (Phi) is 6.80. The summed E-state index contributed by atoms with van der Waals surface area (Å²) in [5.41, 5.74) is 5.18. The van der Waals surface area contributed by atoms with Crippen LogP contribution < -0.4 is 19.9 Å². The molecule has 0 amide bonds. The van der Waals surface area contributed by atoms with Crippen molar-refractivity contribution in [1.29, 1.82) is 0 Å². The minimum Gasteiger partial charge on any atom is -0.489 e. The van der Waals surface area contributed by atoms with Crippen LogP contribution in [0.3, 0.4) is 0 Å². The van der Waals surface area contributed by atoms with Crippen LogP contribution in [-0.4, -0.2) is 55.3 Å². The summed E-state index contributed by atoms with van der Waals surface area (Å²) in [5.74, 6) is 1.31. The highest BCUT2D eigenvalue weighted by Gasteiger charge is 2.24. The molecule has 1 saturated heterocycles. The van der Waals surface area contributed by atoms with Crippen molar-refractivity contribution in [2.45, 2.75) is 33.2 Å². The Hall–Kier alpha value is -2.90. The minimum atomic E-state index is -0.210. The molecule has 0 atom stereocenters. The second-order valence-electron chi connectivity index (χ2n) is 9.46. The predicted molar refractivity (Wildman–Crippen MR) is 139 cm³/mol. The second-order valence-corrected chi connectivity index (χ2v) is 9.87. The molecule has 1 fully saturated rings.